The van der Waals surface area contributed by atoms with Crippen LogP contribution in [0.5, 0.6) is 5.75 Å². The van der Waals surface area contributed by atoms with Gasteiger partial charge in [0.15, 0.2) is 0 Å². The normalized spacial score (nSPS) is 11.9. The quantitative estimate of drug-likeness (QED) is 0.0272. The lowest BCUT2D eigenvalue weighted by molar-refractivity contribution is -0.384. The van der Waals surface area contributed by atoms with E-state index >= 15 is 0 Å². The van der Waals surface area contributed by atoms with Gasteiger partial charge in [0, 0.05) is 30.8 Å². The first-order valence-electron chi connectivity index (χ1n) is 17.0. The highest BCUT2D eigenvalue weighted by Gasteiger charge is 2.35. The second-order valence-corrected chi connectivity index (χ2v) is 12.9. The fourth-order valence-corrected chi connectivity index (χ4v) is 5.02. The number of amides is 4. The Bertz CT molecular complexity index is 1740. The van der Waals surface area contributed by atoms with Crippen LogP contribution in [0.4, 0.5) is 25.8 Å². The van der Waals surface area contributed by atoms with Crippen LogP contribution in [-0.2, 0) is 36.8 Å². The van der Waals surface area contributed by atoms with Crippen molar-refractivity contribution in [3.05, 3.63) is 113 Å². The molecule has 0 heterocycles. The zero-order valence-electron chi connectivity index (χ0n) is 30.4. The van der Waals surface area contributed by atoms with Gasteiger partial charge in [0.2, 0.25) is 5.91 Å². The Labute approximate surface area is 312 Å². The lowest BCUT2D eigenvalue weighted by Gasteiger charge is -2.34. The SMILES string of the molecule is C=CCOC(=O)NCCCCC(C(N)=O)N(C(=O)C(Cc1ccccc1)NC(=O)OC(C)(C)C)c1ccc(COC(=O)Oc2ccc([N+](=O)[O-])cc2)cc1. The summed E-state index contributed by atoms with van der Waals surface area (Å²) < 4.78 is 20.6. The summed E-state index contributed by atoms with van der Waals surface area (Å²) in [6.07, 6.45) is -0.138. The summed E-state index contributed by atoms with van der Waals surface area (Å²) >= 11 is 0. The standard InChI is InChI=1S/C38H45N5O11/c1-5-23-51-35(46)40-22-10-9-13-32(33(39)44)42(34(45)31(24-26-11-7-6-8-12-26)41-36(47)54-38(2,3)4)28-16-14-27(15-17-28)25-52-37(48)53-30-20-18-29(19-21-30)43(49)50/h5-8,11-12,14-21,31-32H,1,9-10,13,22-25H2,2-4H3,(H2,39,44)(H,40,46)(H,41,47). The molecule has 0 aliphatic rings. The molecule has 288 valence electrons. The molecule has 0 saturated heterocycles. The van der Waals surface area contributed by atoms with Gasteiger partial charge in [-0.15, -0.1) is 0 Å². The van der Waals surface area contributed by atoms with E-state index in [0.29, 0.717) is 18.4 Å². The molecule has 2 atom stereocenters. The molecule has 0 aromatic heterocycles. The third kappa shape index (κ3) is 14.3. The zero-order valence-corrected chi connectivity index (χ0v) is 30.4. The first-order valence-corrected chi connectivity index (χ1v) is 17.0. The van der Waals surface area contributed by atoms with Crippen molar-refractivity contribution in [2.24, 2.45) is 5.73 Å². The van der Waals surface area contributed by atoms with Crippen molar-refractivity contribution in [1.29, 1.82) is 0 Å². The molecule has 4 N–H and O–H groups in total. The summed E-state index contributed by atoms with van der Waals surface area (Å²) in [5, 5.41) is 16.1. The van der Waals surface area contributed by atoms with Crippen LogP contribution in [0.3, 0.4) is 0 Å². The van der Waals surface area contributed by atoms with Crippen molar-refractivity contribution in [1.82, 2.24) is 10.6 Å². The third-order valence-electron chi connectivity index (χ3n) is 7.48. The summed E-state index contributed by atoms with van der Waals surface area (Å²) in [6.45, 7) is 8.58. The number of anilines is 1. The molecule has 0 saturated carbocycles. The Morgan fingerprint density at radius 2 is 1.57 bits per heavy atom. The maximum absolute atomic E-state index is 14.5. The van der Waals surface area contributed by atoms with Crippen LogP contribution >= 0.6 is 0 Å². The van der Waals surface area contributed by atoms with Gasteiger partial charge in [-0.1, -0.05) is 55.1 Å². The molecule has 0 fully saturated rings. The first kappa shape index (κ1) is 42.0. The number of unbranched alkanes of at least 4 members (excludes halogenated alkanes) is 1. The predicted molar refractivity (Wildman–Crippen MR) is 198 cm³/mol. The molecule has 2 unspecified atom stereocenters. The van der Waals surface area contributed by atoms with E-state index in [1.165, 1.54) is 35.2 Å². The van der Waals surface area contributed by atoms with Crippen LogP contribution < -0.4 is 26.0 Å². The number of nitrogens with one attached hydrogen (secondary N) is 2. The smallest absolute Gasteiger partial charge is 0.445 e. The molecular weight excluding hydrogens is 702 g/mol. The molecule has 0 aliphatic heterocycles. The molecule has 54 heavy (non-hydrogen) atoms. The maximum Gasteiger partial charge on any atom is 0.514 e. The lowest BCUT2D eigenvalue weighted by atomic mass is 10.0. The van der Waals surface area contributed by atoms with Crippen LogP contribution in [0.15, 0.2) is 91.5 Å². The van der Waals surface area contributed by atoms with Crippen molar-refractivity contribution in [2.75, 3.05) is 18.1 Å². The number of hydrogen-bond donors (Lipinski definition) is 3. The van der Waals surface area contributed by atoms with Crippen molar-refractivity contribution < 1.29 is 47.8 Å². The van der Waals surface area contributed by atoms with Gasteiger partial charge in [0.1, 0.15) is 36.6 Å². The van der Waals surface area contributed by atoms with Gasteiger partial charge < -0.3 is 35.3 Å². The molecule has 0 spiro atoms. The van der Waals surface area contributed by atoms with E-state index in [1.54, 1.807) is 69.3 Å². The Hall–Kier alpha value is -6.45. The molecule has 3 aromatic carbocycles. The molecule has 0 radical (unpaired) electrons. The fourth-order valence-electron chi connectivity index (χ4n) is 5.02. The molecule has 4 amide bonds. The highest BCUT2D eigenvalue weighted by Crippen LogP contribution is 2.24. The summed E-state index contributed by atoms with van der Waals surface area (Å²) in [5.74, 6) is -1.41. The monoisotopic (exact) mass is 747 g/mol. The molecule has 3 aromatic rings. The first-order chi connectivity index (χ1) is 25.7. The average molecular weight is 748 g/mol. The number of rotatable bonds is 18. The highest BCUT2D eigenvalue weighted by atomic mass is 16.7. The van der Waals surface area contributed by atoms with Crippen molar-refractivity contribution >= 4 is 41.5 Å². The number of carbonyl (C=O) groups excluding carboxylic acids is 5. The van der Waals surface area contributed by atoms with Crippen molar-refractivity contribution in [3.8, 4) is 5.75 Å². The van der Waals surface area contributed by atoms with E-state index in [0.717, 1.165) is 5.56 Å². The summed E-state index contributed by atoms with van der Waals surface area (Å²) in [6, 6.07) is 17.7. The summed E-state index contributed by atoms with van der Waals surface area (Å²) in [7, 11) is 0. The number of carbonyl (C=O) groups is 5. The Kier molecular flexibility index (Phi) is 16.0. The van der Waals surface area contributed by atoms with E-state index in [-0.39, 0.29) is 49.7 Å². The molecule has 16 heteroatoms. The average Bonchev–Trinajstić information content (AvgIpc) is 3.12. The second-order valence-electron chi connectivity index (χ2n) is 12.9. The van der Waals surface area contributed by atoms with E-state index in [1.807, 2.05) is 6.07 Å². The number of nitro benzene ring substituents is 1. The number of hydrogen-bond acceptors (Lipinski definition) is 11. The minimum absolute atomic E-state index is 0.0426. The molecule has 0 aliphatic carbocycles. The van der Waals surface area contributed by atoms with Gasteiger partial charge in [0.05, 0.1) is 4.92 Å². The number of primary amides is 1. The van der Waals surface area contributed by atoms with E-state index in [2.05, 4.69) is 17.2 Å². The summed E-state index contributed by atoms with van der Waals surface area (Å²) in [4.78, 5) is 76.2. The summed E-state index contributed by atoms with van der Waals surface area (Å²) in [5.41, 5.74) is 6.36. The second kappa shape index (κ2) is 20.6. The van der Waals surface area contributed by atoms with Crippen molar-refractivity contribution in [2.45, 2.75) is 70.7 Å². The Balaban J connectivity index is 1.86. The minimum Gasteiger partial charge on any atom is -0.445 e. The number of ether oxygens (including phenoxy) is 4. The van der Waals surface area contributed by atoms with Crippen LogP contribution in [0.2, 0.25) is 0 Å². The topological polar surface area (TPSA) is 219 Å². The van der Waals surface area contributed by atoms with Gasteiger partial charge in [-0.2, -0.15) is 0 Å². The molecule has 0 bridgehead atoms. The number of alkyl carbamates (subject to hydrolysis) is 2. The third-order valence-corrected chi connectivity index (χ3v) is 7.48. The highest BCUT2D eigenvalue weighted by molar-refractivity contribution is 6.04. The number of benzene rings is 3. The Morgan fingerprint density at radius 1 is 0.907 bits per heavy atom. The van der Waals surface area contributed by atoms with Crippen LogP contribution in [0, 0.1) is 10.1 Å². The van der Waals surface area contributed by atoms with E-state index in [9.17, 15) is 34.1 Å². The number of nitrogens with two attached hydrogens (primary N) is 1. The van der Waals surface area contributed by atoms with Crippen molar-refractivity contribution in [3.63, 3.8) is 0 Å². The zero-order chi connectivity index (χ0) is 39.7. The fraction of sp³-hybridized carbons (Fsp3) is 0.342. The minimum atomic E-state index is -1.19. The van der Waals surface area contributed by atoms with Gasteiger partial charge >= 0.3 is 18.3 Å². The molecule has 3 rings (SSSR count). The van der Waals surface area contributed by atoms with Gasteiger partial charge in [-0.25, -0.2) is 14.4 Å². The van der Waals surface area contributed by atoms with Gasteiger partial charge in [0.25, 0.3) is 11.6 Å². The van der Waals surface area contributed by atoms with E-state index in [4.69, 9.17) is 24.7 Å². The molecular formula is C38H45N5O11. The predicted octanol–water partition coefficient (Wildman–Crippen LogP) is 5.72. The van der Waals surface area contributed by atoms with Gasteiger partial charge in [-0.05, 0) is 75.4 Å². The Morgan fingerprint density at radius 3 is 2.17 bits per heavy atom. The largest absolute Gasteiger partial charge is 0.514 e. The lowest BCUT2D eigenvalue weighted by Crippen LogP contribution is -2.56. The molecule has 16 nitrogen and oxygen atoms in total. The van der Waals surface area contributed by atoms with Gasteiger partial charge in [-0.3, -0.25) is 24.6 Å². The van der Waals surface area contributed by atoms with Crippen LogP contribution in [0.25, 0.3) is 0 Å². The van der Waals surface area contributed by atoms with Crippen LogP contribution in [0.1, 0.15) is 51.2 Å². The maximum atomic E-state index is 14.5. The number of non-ortho nitro benzene ring substituents is 1. The van der Waals surface area contributed by atoms with Crippen LogP contribution in [-0.4, -0.2) is 65.9 Å². The number of nitro groups is 1. The number of nitrogens with zero attached hydrogens (tertiary/aromatic N) is 2. The van der Waals surface area contributed by atoms with E-state index < -0.39 is 52.8 Å².